The van der Waals surface area contributed by atoms with E-state index in [4.69, 9.17) is 5.14 Å². The topological polar surface area (TPSA) is 135 Å². The Hall–Kier alpha value is -2.17. The Morgan fingerprint density at radius 1 is 1.33 bits per heavy atom. The molecule has 0 fully saturated rings. The molecule has 1 amide bonds. The number of nitrogens with one attached hydrogen (secondary N) is 2. The number of carbonyl (C=O) groups is 1. The van der Waals surface area contributed by atoms with Gasteiger partial charge < -0.3 is 10.3 Å². The number of rotatable bonds is 5. The van der Waals surface area contributed by atoms with Crippen LogP contribution in [0.4, 0.5) is 5.69 Å². The Morgan fingerprint density at radius 2 is 1.96 bits per heavy atom. The molecule has 2 rings (SSSR count). The largest absolute Gasteiger partial charge is 0.325 e. The molecular formula is C14H16N4O4S2. The highest BCUT2D eigenvalue weighted by Gasteiger charge is 2.16. The van der Waals surface area contributed by atoms with Crippen LogP contribution in [0, 0.1) is 6.92 Å². The highest BCUT2D eigenvalue weighted by atomic mass is 32.2. The average molecular weight is 368 g/mol. The summed E-state index contributed by atoms with van der Waals surface area (Å²) in [5.74, 6) is -0.312. The molecule has 0 aliphatic carbocycles. The summed E-state index contributed by atoms with van der Waals surface area (Å²) < 4.78 is 22.4. The number of aromatic amines is 1. The van der Waals surface area contributed by atoms with Crippen molar-refractivity contribution >= 4 is 33.4 Å². The fourth-order valence-electron chi connectivity index (χ4n) is 1.80. The van der Waals surface area contributed by atoms with E-state index < -0.39 is 15.3 Å². The maximum absolute atomic E-state index is 12.2. The minimum atomic E-state index is -3.77. The second-order valence-electron chi connectivity index (χ2n) is 5.01. The van der Waals surface area contributed by atoms with Crippen molar-refractivity contribution < 1.29 is 13.2 Å². The molecule has 0 spiro atoms. The van der Waals surface area contributed by atoms with Crippen LogP contribution in [-0.4, -0.2) is 29.5 Å². The number of aryl methyl sites for hydroxylation is 1. The van der Waals surface area contributed by atoms with Gasteiger partial charge in [0.25, 0.3) is 5.56 Å². The molecule has 1 heterocycles. The van der Waals surface area contributed by atoms with Gasteiger partial charge >= 0.3 is 0 Å². The number of anilines is 1. The number of sulfonamides is 1. The number of hydrogen-bond donors (Lipinski definition) is 3. The Morgan fingerprint density at radius 3 is 2.50 bits per heavy atom. The first kappa shape index (κ1) is 18.2. The van der Waals surface area contributed by atoms with Gasteiger partial charge in [0.2, 0.25) is 15.9 Å². The fourth-order valence-corrected chi connectivity index (χ4v) is 3.17. The number of thioether (sulfide) groups is 1. The second kappa shape index (κ2) is 7.16. The normalized spacial score (nSPS) is 12.6. The molecule has 0 aliphatic rings. The number of hydrogen-bond acceptors (Lipinski definition) is 6. The van der Waals surface area contributed by atoms with E-state index in [0.717, 1.165) is 11.8 Å². The van der Waals surface area contributed by atoms with Crippen molar-refractivity contribution in [3.05, 3.63) is 46.4 Å². The van der Waals surface area contributed by atoms with Crippen LogP contribution in [0.5, 0.6) is 0 Å². The molecule has 0 aliphatic heterocycles. The third-order valence-electron chi connectivity index (χ3n) is 2.96. The Kier molecular flexibility index (Phi) is 5.42. The van der Waals surface area contributed by atoms with Gasteiger partial charge in [-0.2, -0.15) is 0 Å². The Balaban J connectivity index is 2.04. The number of aromatic nitrogens is 2. The smallest absolute Gasteiger partial charge is 0.251 e. The van der Waals surface area contributed by atoms with Crippen molar-refractivity contribution in [2.75, 3.05) is 5.32 Å². The third-order valence-corrected chi connectivity index (χ3v) is 4.87. The number of H-pyrrole nitrogens is 1. The van der Waals surface area contributed by atoms with Gasteiger partial charge in [0.05, 0.1) is 10.1 Å². The van der Waals surface area contributed by atoms with Crippen LogP contribution in [-0.2, 0) is 14.8 Å². The Labute approximate surface area is 142 Å². The maximum atomic E-state index is 12.2. The van der Waals surface area contributed by atoms with Crippen LogP contribution in [0.1, 0.15) is 12.6 Å². The van der Waals surface area contributed by atoms with Gasteiger partial charge in [-0.15, -0.1) is 0 Å². The first-order valence-corrected chi connectivity index (χ1v) is 9.26. The lowest BCUT2D eigenvalue weighted by Crippen LogP contribution is -2.23. The molecule has 1 atom stereocenters. The summed E-state index contributed by atoms with van der Waals surface area (Å²) in [7, 11) is -3.77. The van der Waals surface area contributed by atoms with E-state index in [-0.39, 0.29) is 16.4 Å². The lowest BCUT2D eigenvalue weighted by atomic mass is 10.3. The van der Waals surface area contributed by atoms with Crippen molar-refractivity contribution in [2.45, 2.75) is 29.1 Å². The van der Waals surface area contributed by atoms with Gasteiger partial charge in [0.15, 0.2) is 5.16 Å². The quantitative estimate of drug-likeness (QED) is 0.529. The van der Waals surface area contributed by atoms with Crippen LogP contribution in [0.25, 0.3) is 0 Å². The molecule has 128 valence electrons. The van der Waals surface area contributed by atoms with Crippen LogP contribution in [0.15, 0.2) is 45.2 Å². The van der Waals surface area contributed by atoms with Gasteiger partial charge in [-0.3, -0.25) is 9.59 Å². The van der Waals surface area contributed by atoms with E-state index in [1.807, 2.05) is 0 Å². The van der Waals surface area contributed by atoms with Crippen LogP contribution < -0.4 is 16.0 Å². The summed E-state index contributed by atoms with van der Waals surface area (Å²) in [5.41, 5.74) is 0.717. The number of primary sulfonamides is 1. The van der Waals surface area contributed by atoms with Crippen molar-refractivity contribution in [1.82, 2.24) is 9.97 Å². The van der Waals surface area contributed by atoms with Gasteiger partial charge in [-0.05, 0) is 38.1 Å². The molecular weight excluding hydrogens is 352 g/mol. The third kappa shape index (κ3) is 4.91. The maximum Gasteiger partial charge on any atom is 0.251 e. The van der Waals surface area contributed by atoms with Crippen molar-refractivity contribution in [3.8, 4) is 0 Å². The van der Waals surface area contributed by atoms with E-state index in [1.54, 1.807) is 13.8 Å². The number of nitrogens with two attached hydrogens (primary N) is 1. The number of amides is 1. The zero-order chi connectivity index (χ0) is 17.9. The van der Waals surface area contributed by atoms with E-state index in [2.05, 4.69) is 15.3 Å². The molecule has 4 N–H and O–H groups in total. The monoisotopic (exact) mass is 368 g/mol. The van der Waals surface area contributed by atoms with Crippen LogP contribution >= 0.6 is 11.8 Å². The number of nitrogens with zero attached hydrogens (tertiary/aromatic N) is 1. The summed E-state index contributed by atoms with van der Waals surface area (Å²) in [6, 6.07) is 6.87. The molecule has 0 saturated carbocycles. The second-order valence-corrected chi connectivity index (χ2v) is 7.90. The zero-order valence-electron chi connectivity index (χ0n) is 12.9. The van der Waals surface area contributed by atoms with E-state index in [1.165, 1.54) is 30.3 Å². The highest BCUT2D eigenvalue weighted by Crippen LogP contribution is 2.20. The molecule has 0 saturated heterocycles. The molecule has 24 heavy (non-hydrogen) atoms. The first-order valence-electron chi connectivity index (χ1n) is 6.83. The minimum Gasteiger partial charge on any atom is -0.325 e. The summed E-state index contributed by atoms with van der Waals surface area (Å²) >= 11 is 1.11. The van der Waals surface area contributed by atoms with E-state index >= 15 is 0 Å². The van der Waals surface area contributed by atoms with E-state index in [9.17, 15) is 18.0 Å². The van der Waals surface area contributed by atoms with E-state index in [0.29, 0.717) is 16.5 Å². The molecule has 8 nitrogen and oxygen atoms in total. The van der Waals surface area contributed by atoms with Crippen LogP contribution in [0.2, 0.25) is 0 Å². The molecule has 2 aromatic rings. The fraction of sp³-hybridized carbons (Fsp3) is 0.214. The molecule has 1 aromatic carbocycles. The van der Waals surface area contributed by atoms with Gasteiger partial charge in [-0.1, -0.05) is 11.8 Å². The molecule has 0 unspecified atom stereocenters. The molecule has 1 aromatic heterocycles. The number of carbonyl (C=O) groups excluding carboxylic acids is 1. The SMILES string of the molecule is Cc1cc(=O)[nH]c(S[C@H](C)C(=O)Nc2ccc(S(N)(=O)=O)cc2)n1. The van der Waals surface area contributed by atoms with Gasteiger partial charge in [-0.25, -0.2) is 18.5 Å². The standard InChI is InChI=1S/C14H16N4O4S2/c1-8-7-12(19)18-14(16-8)23-9(2)13(20)17-10-3-5-11(6-4-10)24(15,21)22/h3-7,9H,1-2H3,(H,17,20)(H2,15,21,22)(H,16,18,19)/t9-/m1/s1. The zero-order valence-corrected chi connectivity index (χ0v) is 14.6. The molecule has 0 radical (unpaired) electrons. The highest BCUT2D eigenvalue weighted by molar-refractivity contribution is 8.00. The molecule has 0 bridgehead atoms. The summed E-state index contributed by atoms with van der Waals surface area (Å²) in [6.45, 7) is 3.36. The lowest BCUT2D eigenvalue weighted by molar-refractivity contribution is -0.115. The summed E-state index contributed by atoms with van der Waals surface area (Å²) in [4.78, 5) is 30.2. The average Bonchev–Trinajstić information content (AvgIpc) is 2.45. The first-order chi connectivity index (χ1) is 11.1. The van der Waals surface area contributed by atoms with Crippen molar-refractivity contribution in [2.24, 2.45) is 5.14 Å². The predicted octanol–water partition coefficient (Wildman–Crippen LogP) is 0.845. The summed E-state index contributed by atoms with van der Waals surface area (Å²) in [5, 5.41) is 7.50. The minimum absolute atomic E-state index is 0.0375. The summed E-state index contributed by atoms with van der Waals surface area (Å²) in [6.07, 6.45) is 0. The Bertz CT molecular complexity index is 907. The van der Waals surface area contributed by atoms with Crippen LogP contribution in [0.3, 0.4) is 0 Å². The van der Waals surface area contributed by atoms with Gasteiger partial charge in [0.1, 0.15) is 0 Å². The number of benzene rings is 1. The van der Waals surface area contributed by atoms with Crippen molar-refractivity contribution in [3.63, 3.8) is 0 Å². The molecule has 10 heteroatoms. The lowest BCUT2D eigenvalue weighted by Gasteiger charge is -2.11. The van der Waals surface area contributed by atoms with Crippen molar-refractivity contribution in [1.29, 1.82) is 0 Å². The van der Waals surface area contributed by atoms with Gasteiger partial charge in [0, 0.05) is 17.4 Å². The predicted molar refractivity (Wildman–Crippen MR) is 91.4 cm³/mol.